The molecule has 3 rings (SSSR count). The number of halogens is 3. The number of rotatable bonds is 3. The van der Waals surface area contributed by atoms with E-state index in [0.717, 1.165) is 35.5 Å². The normalized spacial score (nSPS) is 16.0. The number of hydrogen-bond donors (Lipinski definition) is 2. The van der Waals surface area contributed by atoms with Crippen molar-refractivity contribution in [2.45, 2.75) is 25.2 Å². The monoisotopic (exact) mass is 336 g/mol. The molecule has 0 bridgehead atoms. The number of hydrogen-bond acceptors (Lipinski definition) is 3. The highest BCUT2D eigenvalue weighted by atomic mass is 19.4. The molecule has 0 aromatic heterocycles. The van der Waals surface area contributed by atoms with Gasteiger partial charge in [0, 0.05) is 24.7 Å². The van der Waals surface area contributed by atoms with Gasteiger partial charge in [-0.2, -0.15) is 13.2 Å². The highest BCUT2D eigenvalue weighted by molar-refractivity contribution is 5.66. The van der Waals surface area contributed by atoms with Crippen LogP contribution in [0, 0.1) is 0 Å². The fraction of sp³-hybridized carbons (Fsp3) is 0.333. The van der Waals surface area contributed by atoms with Gasteiger partial charge in [0.1, 0.15) is 12.4 Å². The topological polar surface area (TPSA) is 47.3 Å². The van der Waals surface area contributed by atoms with Crippen molar-refractivity contribution < 1.29 is 17.9 Å². The lowest BCUT2D eigenvalue weighted by molar-refractivity contribution is -0.138. The third kappa shape index (κ3) is 4.07. The molecule has 128 valence electrons. The van der Waals surface area contributed by atoms with E-state index in [1.807, 2.05) is 18.2 Å². The summed E-state index contributed by atoms with van der Waals surface area (Å²) in [4.78, 5) is 0. The van der Waals surface area contributed by atoms with Crippen molar-refractivity contribution in [3.63, 3.8) is 0 Å². The summed E-state index contributed by atoms with van der Waals surface area (Å²) in [5, 5.41) is 3.27. The molecule has 0 aliphatic carbocycles. The molecule has 0 unspecified atom stereocenters. The van der Waals surface area contributed by atoms with Crippen molar-refractivity contribution in [2.24, 2.45) is 5.73 Å². The molecule has 3 nitrogen and oxygen atoms in total. The van der Waals surface area contributed by atoms with Crippen LogP contribution in [-0.4, -0.2) is 19.3 Å². The lowest BCUT2D eigenvalue weighted by atomic mass is 9.98. The molecule has 1 aliphatic rings. The van der Waals surface area contributed by atoms with Gasteiger partial charge in [0.2, 0.25) is 0 Å². The van der Waals surface area contributed by atoms with Crippen molar-refractivity contribution in [3.05, 3.63) is 53.6 Å². The maximum atomic E-state index is 12.4. The third-order valence-electron chi connectivity index (χ3n) is 4.04. The molecule has 0 amide bonds. The summed E-state index contributed by atoms with van der Waals surface area (Å²) in [6.45, 7) is 2.18. The molecular weight excluding hydrogens is 317 g/mol. The third-order valence-corrected chi connectivity index (χ3v) is 4.04. The van der Waals surface area contributed by atoms with E-state index in [2.05, 4.69) is 5.32 Å². The Morgan fingerprint density at radius 2 is 1.79 bits per heavy atom. The largest absolute Gasteiger partial charge is 0.492 e. The lowest BCUT2D eigenvalue weighted by Crippen LogP contribution is -2.20. The molecule has 0 fully saturated rings. The van der Waals surface area contributed by atoms with Crippen LogP contribution in [0.15, 0.2) is 42.5 Å². The van der Waals surface area contributed by atoms with E-state index in [4.69, 9.17) is 10.5 Å². The van der Waals surface area contributed by atoms with Gasteiger partial charge in [-0.25, -0.2) is 0 Å². The van der Waals surface area contributed by atoms with Crippen LogP contribution in [0.1, 0.15) is 23.6 Å². The summed E-state index contributed by atoms with van der Waals surface area (Å²) in [6, 6.07) is 11.8. The molecule has 0 radical (unpaired) electrons. The average Bonchev–Trinajstić information content (AvgIpc) is 2.78. The quantitative estimate of drug-likeness (QED) is 0.896. The minimum Gasteiger partial charge on any atom is -0.492 e. The predicted octanol–water partition coefficient (Wildman–Crippen LogP) is 3.79. The summed E-state index contributed by atoms with van der Waals surface area (Å²) in [7, 11) is 0. The fourth-order valence-corrected chi connectivity index (χ4v) is 2.76. The van der Waals surface area contributed by atoms with Gasteiger partial charge >= 0.3 is 6.18 Å². The van der Waals surface area contributed by atoms with Crippen molar-refractivity contribution >= 4 is 0 Å². The van der Waals surface area contributed by atoms with E-state index in [1.165, 1.54) is 0 Å². The van der Waals surface area contributed by atoms with Crippen LogP contribution in [0.2, 0.25) is 0 Å². The molecule has 1 atom stereocenters. The van der Waals surface area contributed by atoms with Gasteiger partial charge in [0.05, 0.1) is 6.42 Å². The highest BCUT2D eigenvalue weighted by Crippen LogP contribution is 2.31. The van der Waals surface area contributed by atoms with Crippen LogP contribution >= 0.6 is 0 Å². The van der Waals surface area contributed by atoms with Crippen molar-refractivity contribution in [2.75, 3.05) is 13.2 Å². The molecule has 6 heteroatoms. The molecule has 2 aromatic carbocycles. The van der Waals surface area contributed by atoms with Crippen molar-refractivity contribution in [3.8, 4) is 16.9 Å². The number of fused-ring (bicyclic) bond motifs is 1. The van der Waals surface area contributed by atoms with Crippen molar-refractivity contribution in [1.29, 1.82) is 0 Å². The maximum absolute atomic E-state index is 12.4. The van der Waals surface area contributed by atoms with Crippen LogP contribution in [0.4, 0.5) is 13.2 Å². The van der Waals surface area contributed by atoms with E-state index < -0.39 is 18.6 Å². The number of alkyl halides is 3. The lowest BCUT2D eigenvalue weighted by Gasteiger charge is -2.15. The van der Waals surface area contributed by atoms with E-state index in [0.29, 0.717) is 12.2 Å². The summed E-state index contributed by atoms with van der Waals surface area (Å²) in [5.74, 6) is 0.843. The van der Waals surface area contributed by atoms with E-state index >= 15 is 0 Å². The standard InChI is InChI=1S/C18H19F3N2O/c19-18(20,21)10-16(22)13-3-1-12(2-4-13)14-5-6-15-11-23-7-8-24-17(15)9-14/h1-6,9,16,23H,7-8,10-11,22H2/t16-/m0/s1. The zero-order chi connectivity index (χ0) is 17.2. The summed E-state index contributed by atoms with van der Waals surface area (Å²) in [6.07, 6.45) is -5.29. The molecule has 2 aromatic rings. The van der Waals surface area contributed by atoms with Gasteiger partial charge in [-0.3, -0.25) is 0 Å². The second-order valence-corrected chi connectivity index (χ2v) is 5.90. The van der Waals surface area contributed by atoms with Crippen molar-refractivity contribution in [1.82, 2.24) is 5.32 Å². The molecule has 0 spiro atoms. The first-order valence-corrected chi connectivity index (χ1v) is 7.81. The first-order valence-electron chi connectivity index (χ1n) is 7.81. The zero-order valence-corrected chi connectivity index (χ0v) is 13.1. The van der Waals surface area contributed by atoms with Crippen LogP contribution in [0.5, 0.6) is 5.75 Å². The van der Waals surface area contributed by atoms with Crippen LogP contribution in [0.25, 0.3) is 11.1 Å². The Kier molecular flexibility index (Phi) is 4.78. The minimum atomic E-state index is -4.26. The summed E-state index contributed by atoms with van der Waals surface area (Å²) >= 11 is 0. The van der Waals surface area contributed by atoms with Crippen LogP contribution in [0.3, 0.4) is 0 Å². The minimum absolute atomic E-state index is 0.478. The second kappa shape index (κ2) is 6.83. The van der Waals surface area contributed by atoms with Gasteiger partial charge in [-0.15, -0.1) is 0 Å². The summed E-state index contributed by atoms with van der Waals surface area (Å²) in [5.41, 5.74) is 9.09. The molecule has 1 aliphatic heterocycles. The Balaban J connectivity index is 1.79. The van der Waals surface area contributed by atoms with Gasteiger partial charge in [-0.05, 0) is 22.8 Å². The zero-order valence-electron chi connectivity index (χ0n) is 13.1. The molecular formula is C18H19F3N2O. The van der Waals surface area contributed by atoms with E-state index in [-0.39, 0.29) is 0 Å². The van der Waals surface area contributed by atoms with Gasteiger partial charge in [-0.1, -0.05) is 36.4 Å². The van der Waals surface area contributed by atoms with Gasteiger partial charge in [0.15, 0.2) is 0 Å². The van der Waals surface area contributed by atoms with Gasteiger partial charge < -0.3 is 15.8 Å². The SMILES string of the molecule is N[C@@H](CC(F)(F)F)c1ccc(-c2ccc3c(c2)OCCNC3)cc1. The molecule has 0 saturated heterocycles. The van der Waals surface area contributed by atoms with E-state index in [1.54, 1.807) is 24.3 Å². The maximum Gasteiger partial charge on any atom is 0.390 e. The number of nitrogens with two attached hydrogens (primary N) is 1. The Hall–Kier alpha value is -2.05. The Morgan fingerprint density at radius 1 is 1.08 bits per heavy atom. The fourth-order valence-electron chi connectivity index (χ4n) is 2.76. The second-order valence-electron chi connectivity index (χ2n) is 5.90. The first-order chi connectivity index (χ1) is 11.4. The summed E-state index contributed by atoms with van der Waals surface area (Å²) < 4.78 is 43.0. The number of benzene rings is 2. The highest BCUT2D eigenvalue weighted by Gasteiger charge is 2.30. The average molecular weight is 336 g/mol. The van der Waals surface area contributed by atoms with Crippen LogP contribution in [-0.2, 0) is 6.54 Å². The molecule has 3 N–H and O–H groups in total. The molecule has 1 heterocycles. The predicted molar refractivity (Wildman–Crippen MR) is 86.7 cm³/mol. The molecule has 24 heavy (non-hydrogen) atoms. The Labute approximate surface area is 138 Å². The first kappa shape index (κ1) is 16.8. The molecule has 0 saturated carbocycles. The van der Waals surface area contributed by atoms with E-state index in [9.17, 15) is 13.2 Å². The smallest absolute Gasteiger partial charge is 0.390 e. The van der Waals surface area contributed by atoms with Gasteiger partial charge in [0.25, 0.3) is 0 Å². The number of nitrogens with one attached hydrogen (secondary N) is 1. The van der Waals surface area contributed by atoms with Crippen LogP contribution < -0.4 is 15.8 Å². The Bertz CT molecular complexity index is 698. The Morgan fingerprint density at radius 3 is 2.50 bits per heavy atom. The number of ether oxygens (including phenoxy) is 1.